The number of nitrogen functional groups attached to an aromatic ring is 1. The first-order valence-electron chi connectivity index (χ1n) is 9.75. The second-order valence-corrected chi connectivity index (χ2v) is 7.93. The minimum Gasteiger partial charge on any atom is -0.454 e. The zero-order valence-corrected chi connectivity index (χ0v) is 18.7. The molecule has 1 aliphatic rings. The first-order valence-corrected chi connectivity index (χ1v) is 10.7. The van der Waals surface area contributed by atoms with E-state index in [0.717, 1.165) is 5.56 Å². The third-order valence-corrected chi connectivity index (χ3v) is 5.84. The van der Waals surface area contributed by atoms with Gasteiger partial charge in [0.25, 0.3) is 5.91 Å². The highest BCUT2D eigenvalue weighted by molar-refractivity contribution is 7.98. The summed E-state index contributed by atoms with van der Waals surface area (Å²) in [6.07, 6.45) is 1.57. The number of carbonyl (C=O) groups excluding carboxylic acids is 1. The van der Waals surface area contributed by atoms with Gasteiger partial charge in [-0.1, -0.05) is 17.0 Å². The highest BCUT2D eigenvalue weighted by Crippen LogP contribution is 2.32. The number of fused-ring (bicyclic) bond motifs is 1. The van der Waals surface area contributed by atoms with Gasteiger partial charge in [-0.25, -0.2) is 10.1 Å². The Morgan fingerprint density at radius 2 is 2.12 bits per heavy atom. The monoisotopic (exact) mass is 483 g/mol. The zero-order valence-electron chi connectivity index (χ0n) is 17.9. The third kappa shape index (κ3) is 4.01. The molecule has 5 rings (SSSR count). The first kappa shape index (κ1) is 21.4. The molecule has 0 spiro atoms. The van der Waals surface area contributed by atoms with E-state index < -0.39 is 5.91 Å². The van der Waals surface area contributed by atoms with Crippen molar-refractivity contribution < 1.29 is 18.9 Å². The average molecular weight is 483 g/mol. The Hall–Kier alpha value is -4.47. The summed E-state index contributed by atoms with van der Waals surface area (Å²) in [5.41, 5.74) is 10.1. The number of rotatable bonds is 7. The highest BCUT2D eigenvalue weighted by Gasteiger charge is 2.24. The van der Waals surface area contributed by atoms with E-state index >= 15 is 0 Å². The van der Waals surface area contributed by atoms with Crippen molar-refractivity contribution in [3.8, 4) is 17.3 Å². The molecule has 174 valence electrons. The molecule has 16 heteroatoms. The Bertz CT molecular complexity index is 1390. The summed E-state index contributed by atoms with van der Waals surface area (Å²) in [5.74, 6) is 1.06. The van der Waals surface area contributed by atoms with Gasteiger partial charge < -0.3 is 19.8 Å². The maximum absolute atomic E-state index is 13.0. The molecule has 0 radical (unpaired) electrons. The van der Waals surface area contributed by atoms with Crippen LogP contribution < -0.4 is 20.6 Å². The highest BCUT2D eigenvalue weighted by atomic mass is 32.2. The van der Waals surface area contributed by atoms with E-state index in [9.17, 15) is 4.79 Å². The van der Waals surface area contributed by atoms with Gasteiger partial charge in [-0.3, -0.25) is 4.79 Å². The van der Waals surface area contributed by atoms with Crippen molar-refractivity contribution in [1.29, 1.82) is 0 Å². The van der Waals surface area contributed by atoms with Gasteiger partial charge in [-0.05, 0) is 35.4 Å². The van der Waals surface area contributed by atoms with Crippen LogP contribution in [0.25, 0.3) is 5.82 Å². The van der Waals surface area contributed by atoms with Gasteiger partial charge in [0.05, 0.1) is 11.4 Å². The van der Waals surface area contributed by atoms with Crippen LogP contribution >= 0.6 is 11.8 Å². The van der Waals surface area contributed by atoms with Crippen LogP contribution in [0.2, 0.25) is 0 Å². The molecule has 3 aromatic heterocycles. The zero-order chi connectivity index (χ0) is 23.7. The summed E-state index contributed by atoms with van der Waals surface area (Å²) in [5, 5.41) is 28.0. The van der Waals surface area contributed by atoms with Crippen LogP contribution in [0.3, 0.4) is 0 Å². The van der Waals surface area contributed by atoms with Gasteiger partial charge >= 0.3 is 0 Å². The first-order chi connectivity index (χ1) is 16.5. The molecule has 3 N–H and O–H groups in total. The standard InChI is InChI=1S/C18H17N11O4S/c1-9(10-3-4-12-13(5-10)32-8-31-12)21-23-17(30)14-11(6-34-18-24-20-7-28(18)2)29(27-22-14)16-15(19)25-33-26-16/h3-5,7H,6,8H2,1-2H3,(H2,19,25)(H,23,30). The van der Waals surface area contributed by atoms with Crippen molar-refractivity contribution >= 4 is 29.2 Å². The molecule has 0 saturated heterocycles. The number of nitrogens with one attached hydrogen (secondary N) is 1. The van der Waals surface area contributed by atoms with Crippen LogP contribution in [0.1, 0.15) is 28.7 Å². The summed E-state index contributed by atoms with van der Waals surface area (Å²) in [7, 11) is 1.80. The summed E-state index contributed by atoms with van der Waals surface area (Å²) >= 11 is 1.32. The Balaban J connectivity index is 1.40. The Morgan fingerprint density at radius 3 is 2.88 bits per heavy atom. The maximum atomic E-state index is 13.0. The topological polar surface area (TPSA) is 186 Å². The molecule has 0 unspecified atom stereocenters. The lowest BCUT2D eigenvalue weighted by atomic mass is 10.1. The Kier molecular flexibility index (Phi) is 5.54. The molecule has 1 amide bonds. The van der Waals surface area contributed by atoms with Crippen molar-refractivity contribution in [3.63, 3.8) is 0 Å². The van der Waals surface area contributed by atoms with Crippen molar-refractivity contribution in [2.75, 3.05) is 12.5 Å². The second kappa shape index (κ2) is 8.81. The molecular formula is C18H17N11O4S. The fraction of sp³-hybridized carbons (Fsp3) is 0.222. The SMILES string of the molecule is CC(=NNC(=O)c1nnn(-c2nonc2N)c1CSc1nncn1C)c1ccc2c(c1)OCO2. The largest absolute Gasteiger partial charge is 0.454 e. The lowest BCUT2D eigenvalue weighted by Crippen LogP contribution is -2.21. The number of carbonyl (C=O) groups is 1. The fourth-order valence-electron chi connectivity index (χ4n) is 3.03. The number of hydrogen-bond acceptors (Lipinski definition) is 13. The smallest absolute Gasteiger partial charge is 0.293 e. The molecule has 15 nitrogen and oxygen atoms in total. The van der Waals surface area contributed by atoms with Crippen molar-refractivity contribution in [3.05, 3.63) is 41.5 Å². The number of aromatic nitrogens is 8. The molecule has 0 aliphatic carbocycles. The van der Waals surface area contributed by atoms with Crippen molar-refractivity contribution in [2.24, 2.45) is 12.1 Å². The third-order valence-electron chi connectivity index (χ3n) is 4.80. The molecular weight excluding hydrogens is 466 g/mol. The normalized spacial score (nSPS) is 12.8. The predicted molar refractivity (Wildman–Crippen MR) is 116 cm³/mol. The van der Waals surface area contributed by atoms with E-state index in [4.69, 9.17) is 15.2 Å². The van der Waals surface area contributed by atoms with Crippen LogP contribution in [0.5, 0.6) is 11.5 Å². The number of ether oxygens (including phenoxy) is 2. The molecule has 34 heavy (non-hydrogen) atoms. The van der Waals surface area contributed by atoms with Gasteiger partial charge in [-0.2, -0.15) is 9.78 Å². The van der Waals surface area contributed by atoms with E-state index in [1.807, 2.05) is 6.07 Å². The number of anilines is 1. The average Bonchev–Trinajstić information content (AvgIpc) is 3.62. The molecule has 0 atom stereocenters. The van der Waals surface area contributed by atoms with E-state index in [1.165, 1.54) is 16.4 Å². The van der Waals surface area contributed by atoms with Gasteiger partial charge in [0.15, 0.2) is 22.3 Å². The summed E-state index contributed by atoms with van der Waals surface area (Å²) in [4.78, 5) is 13.0. The van der Waals surface area contributed by atoms with Gasteiger partial charge in [-0.15, -0.1) is 15.3 Å². The number of amides is 1. The summed E-state index contributed by atoms with van der Waals surface area (Å²) < 4.78 is 18.4. The maximum Gasteiger partial charge on any atom is 0.293 e. The van der Waals surface area contributed by atoms with Gasteiger partial charge in [0.1, 0.15) is 6.33 Å². The van der Waals surface area contributed by atoms with Crippen molar-refractivity contribution in [2.45, 2.75) is 17.8 Å². The lowest BCUT2D eigenvalue weighted by Gasteiger charge is -2.06. The Labute approximate surface area is 195 Å². The number of hydrazone groups is 1. The molecule has 1 aromatic carbocycles. The minimum absolute atomic E-state index is 0.00144. The molecule has 4 aromatic rings. The van der Waals surface area contributed by atoms with Crippen molar-refractivity contribution in [1.82, 2.24) is 45.5 Å². The summed E-state index contributed by atoms with van der Waals surface area (Å²) in [6, 6.07) is 5.38. The van der Waals surface area contributed by atoms with Crippen LogP contribution in [0.4, 0.5) is 5.82 Å². The number of nitrogens with two attached hydrogens (primary N) is 1. The number of hydrogen-bond donors (Lipinski definition) is 2. The van der Waals surface area contributed by atoms with Gasteiger partial charge in [0.2, 0.25) is 18.4 Å². The van der Waals surface area contributed by atoms with Crippen LogP contribution in [-0.2, 0) is 12.8 Å². The molecule has 0 saturated carbocycles. The number of thioether (sulfide) groups is 1. The van der Waals surface area contributed by atoms with Crippen LogP contribution in [-0.4, -0.2) is 58.5 Å². The van der Waals surface area contributed by atoms with E-state index in [0.29, 0.717) is 28.1 Å². The second-order valence-electron chi connectivity index (χ2n) is 6.99. The van der Waals surface area contributed by atoms with Gasteiger partial charge in [0, 0.05) is 18.4 Å². The van der Waals surface area contributed by atoms with E-state index in [-0.39, 0.29) is 29.9 Å². The summed E-state index contributed by atoms with van der Waals surface area (Å²) in [6.45, 7) is 1.92. The van der Waals surface area contributed by atoms with E-state index in [1.54, 1.807) is 37.0 Å². The number of aryl methyl sites for hydroxylation is 1. The Morgan fingerprint density at radius 1 is 1.26 bits per heavy atom. The number of benzene rings is 1. The minimum atomic E-state index is -0.574. The molecule has 1 aliphatic heterocycles. The molecule has 4 heterocycles. The fourth-order valence-corrected chi connectivity index (χ4v) is 3.91. The quantitative estimate of drug-likeness (QED) is 0.211. The molecule has 0 bridgehead atoms. The van der Waals surface area contributed by atoms with Crippen LogP contribution in [0, 0.1) is 0 Å². The molecule has 0 fully saturated rings. The lowest BCUT2D eigenvalue weighted by molar-refractivity contribution is 0.0949. The number of nitrogens with zero attached hydrogens (tertiary/aromatic N) is 9. The van der Waals surface area contributed by atoms with Crippen LogP contribution in [0.15, 0.2) is 39.4 Å². The predicted octanol–water partition coefficient (Wildman–Crippen LogP) is 0.536. The van der Waals surface area contributed by atoms with E-state index in [2.05, 4.69) is 46.0 Å².